The molecular formula is C21H22N4O3S. The van der Waals surface area contributed by atoms with E-state index < -0.39 is 4.92 Å². The van der Waals surface area contributed by atoms with Crippen LogP contribution in [-0.4, -0.2) is 32.4 Å². The van der Waals surface area contributed by atoms with E-state index in [-0.39, 0.29) is 16.8 Å². The molecule has 0 bridgehead atoms. The van der Waals surface area contributed by atoms with E-state index in [0.717, 1.165) is 24.0 Å². The summed E-state index contributed by atoms with van der Waals surface area (Å²) in [5, 5.41) is 19.7. The van der Waals surface area contributed by atoms with Crippen LogP contribution >= 0.6 is 11.8 Å². The molecule has 1 aliphatic rings. The minimum Gasteiger partial charge on any atom is -0.284 e. The average Bonchev–Trinajstić information content (AvgIpc) is 2.99. The van der Waals surface area contributed by atoms with Gasteiger partial charge in [-0.1, -0.05) is 61.5 Å². The predicted octanol–water partition coefficient (Wildman–Crippen LogP) is 4.54. The maximum absolute atomic E-state index is 12.9. The average molecular weight is 410 g/mol. The van der Waals surface area contributed by atoms with Gasteiger partial charge in [-0.3, -0.25) is 19.8 Å². The molecule has 2 aromatic rings. The highest BCUT2D eigenvalue weighted by atomic mass is 32.2. The number of amidine groups is 1. The number of thioether (sulfide) groups is 1. The molecule has 2 aromatic carbocycles. The Bertz CT molecular complexity index is 974. The molecule has 29 heavy (non-hydrogen) atoms. The molecule has 0 N–H and O–H groups in total. The Balaban J connectivity index is 1.83. The summed E-state index contributed by atoms with van der Waals surface area (Å²) in [7, 11) is 0. The van der Waals surface area contributed by atoms with E-state index >= 15 is 0 Å². The number of hydrogen-bond donors (Lipinski definition) is 0. The topological polar surface area (TPSA) is 88.2 Å². The molecule has 1 atom stereocenters. The number of aryl methyl sites for hydroxylation is 1. The molecule has 0 aliphatic carbocycles. The smallest absolute Gasteiger partial charge is 0.270 e. The first-order chi connectivity index (χ1) is 14.0. The number of carbonyl (C=O) groups excluding carboxylic acids is 1. The van der Waals surface area contributed by atoms with Crippen LogP contribution in [0.4, 0.5) is 5.69 Å². The van der Waals surface area contributed by atoms with Crippen LogP contribution in [0.3, 0.4) is 0 Å². The first kappa shape index (κ1) is 20.7. The van der Waals surface area contributed by atoms with Crippen LogP contribution in [-0.2, 0) is 11.3 Å². The van der Waals surface area contributed by atoms with Gasteiger partial charge in [0.25, 0.3) is 5.69 Å². The summed E-state index contributed by atoms with van der Waals surface area (Å²) in [6.07, 6.45) is 3.15. The molecule has 1 unspecified atom stereocenters. The van der Waals surface area contributed by atoms with Gasteiger partial charge in [-0.2, -0.15) is 5.10 Å². The maximum Gasteiger partial charge on any atom is 0.270 e. The molecule has 3 rings (SSSR count). The van der Waals surface area contributed by atoms with Gasteiger partial charge in [-0.15, -0.1) is 5.10 Å². The highest BCUT2D eigenvalue weighted by Crippen LogP contribution is 2.32. The second kappa shape index (κ2) is 9.47. The number of hydrogen-bond acceptors (Lipinski definition) is 6. The van der Waals surface area contributed by atoms with E-state index in [1.54, 1.807) is 17.0 Å². The number of benzene rings is 2. The first-order valence-electron chi connectivity index (χ1n) is 9.37. The van der Waals surface area contributed by atoms with Crippen molar-refractivity contribution in [3.8, 4) is 0 Å². The molecular weight excluding hydrogens is 388 g/mol. The van der Waals surface area contributed by atoms with E-state index in [4.69, 9.17) is 0 Å². The number of nitro groups is 1. The fourth-order valence-electron chi connectivity index (χ4n) is 3.00. The normalized spacial score (nSPS) is 18.1. The Kier molecular flexibility index (Phi) is 6.77. The lowest BCUT2D eigenvalue weighted by molar-refractivity contribution is -0.384. The number of nitrogens with zero attached hydrogens (tertiary/aromatic N) is 4. The van der Waals surface area contributed by atoms with Crippen molar-refractivity contribution in [3.05, 3.63) is 75.3 Å². The molecule has 1 amide bonds. The third-order valence-electron chi connectivity index (χ3n) is 4.59. The summed E-state index contributed by atoms with van der Waals surface area (Å²) >= 11 is 1.42. The van der Waals surface area contributed by atoms with Gasteiger partial charge in [-0.05, 0) is 24.5 Å². The van der Waals surface area contributed by atoms with Gasteiger partial charge in [0, 0.05) is 17.7 Å². The Morgan fingerprint density at radius 3 is 2.76 bits per heavy atom. The van der Waals surface area contributed by atoms with Crippen molar-refractivity contribution in [1.29, 1.82) is 0 Å². The first-order valence-corrected chi connectivity index (χ1v) is 10.3. The number of nitro benzene ring substituents is 1. The van der Waals surface area contributed by atoms with Crippen LogP contribution in [0.15, 0.2) is 58.7 Å². The Labute approximate surface area is 173 Å². The van der Waals surface area contributed by atoms with Crippen LogP contribution in [0, 0.1) is 17.0 Å². The van der Waals surface area contributed by atoms with Crippen molar-refractivity contribution < 1.29 is 9.72 Å². The third-order valence-corrected chi connectivity index (χ3v) is 5.83. The highest BCUT2D eigenvalue weighted by molar-refractivity contribution is 8.15. The van der Waals surface area contributed by atoms with Gasteiger partial charge in [-0.25, -0.2) is 0 Å². The van der Waals surface area contributed by atoms with Crippen molar-refractivity contribution in [2.45, 2.75) is 38.5 Å². The Morgan fingerprint density at radius 1 is 1.24 bits per heavy atom. The molecule has 1 heterocycles. The Morgan fingerprint density at radius 2 is 2.03 bits per heavy atom. The zero-order valence-electron chi connectivity index (χ0n) is 16.3. The summed E-state index contributed by atoms with van der Waals surface area (Å²) in [5.74, 6) is 0.0457. The van der Waals surface area contributed by atoms with E-state index in [1.807, 2.05) is 31.2 Å². The molecule has 150 valence electrons. The molecule has 7 nitrogen and oxygen atoms in total. The van der Waals surface area contributed by atoms with Crippen molar-refractivity contribution in [3.63, 3.8) is 0 Å². The van der Waals surface area contributed by atoms with E-state index in [9.17, 15) is 14.9 Å². The Hall–Kier alpha value is -3.00. The fraction of sp³-hybridized carbons (Fsp3) is 0.286. The summed E-state index contributed by atoms with van der Waals surface area (Å²) in [6.45, 7) is 4.52. The van der Waals surface area contributed by atoms with Crippen molar-refractivity contribution >= 4 is 34.7 Å². The van der Waals surface area contributed by atoms with Gasteiger partial charge in [0.2, 0.25) is 5.91 Å². The lowest BCUT2D eigenvalue weighted by Gasteiger charge is -2.17. The fourth-order valence-corrected chi connectivity index (χ4v) is 4.21. The molecule has 8 heteroatoms. The number of rotatable bonds is 7. The molecule has 0 spiro atoms. The lowest BCUT2D eigenvalue weighted by Crippen LogP contribution is -2.31. The molecule has 1 saturated heterocycles. The molecule has 0 aromatic heterocycles. The SMILES string of the molecule is CCCC1SC(=NN=Cc2cccc([N+](=O)[O-])c2)N(Cc2ccccc2C)C1=O. The molecule has 1 fully saturated rings. The predicted molar refractivity (Wildman–Crippen MR) is 116 cm³/mol. The summed E-state index contributed by atoms with van der Waals surface area (Å²) < 4.78 is 0. The van der Waals surface area contributed by atoms with Crippen molar-refractivity contribution in [2.24, 2.45) is 10.2 Å². The minimum absolute atomic E-state index is 0.00351. The third kappa shape index (κ3) is 5.08. The van der Waals surface area contributed by atoms with Gasteiger partial charge in [0.15, 0.2) is 5.17 Å². The molecule has 0 radical (unpaired) electrons. The summed E-state index contributed by atoms with van der Waals surface area (Å²) in [5.41, 5.74) is 2.75. The minimum atomic E-state index is -0.450. The standard InChI is InChI=1S/C21H22N4O3S/c1-3-7-19-20(26)24(14-17-10-5-4-8-15(17)2)21(29-19)23-22-13-16-9-6-11-18(12-16)25(27)28/h4-6,8-13,19H,3,7,14H2,1-2H3. The number of amides is 1. The van der Waals surface area contributed by atoms with Gasteiger partial charge in [0.1, 0.15) is 0 Å². The van der Waals surface area contributed by atoms with Gasteiger partial charge >= 0.3 is 0 Å². The van der Waals surface area contributed by atoms with E-state index in [2.05, 4.69) is 17.1 Å². The zero-order chi connectivity index (χ0) is 20.8. The summed E-state index contributed by atoms with van der Waals surface area (Å²) in [6, 6.07) is 14.1. The van der Waals surface area contributed by atoms with Crippen LogP contribution in [0.5, 0.6) is 0 Å². The monoisotopic (exact) mass is 410 g/mol. The highest BCUT2D eigenvalue weighted by Gasteiger charge is 2.37. The van der Waals surface area contributed by atoms with Crippen LogP contribution < -0.4 is 0 Å². The summed E-state index contributed by atoms with van der Waals surface area (Å²) in [4.78, 5) is 25.0. The quantitative estimate of drug-likeness (QED) is 0.381. The molecule has 0 saturated carbocycles. The zero-order valence-corrected chi connectivity index (χ0v) is 17.1. The van der Waals surface area contributed by atoms with Gasteiger partial charge < -0.3 is 0 Å². The van der Waals surface area contributed by atoms with Crippen molar-refractivity contribution in [2.75, 3.05) is 0 Å². The van der Waals surface area contributed by atoms with Crippen molar-refractivity contribution in [1.82, 2.24) is 4.90 Å². The maximum atomic E-state index is 12.9. The lowest BCUT2D eigenvalue weighted by atomic mass is 10.1. The largest absolute Gasteiger partial charge is 0.284 e. The van der Waals surface area contributed by atoms with Crippen LogP contribution in [0.25, 0.3) is 0 Å². The number of carbonyl (C=O) groups is 1. The second-order valence-electron chi connectivity index (χ2n) is 6.73. The van der Waals surface area contributed by atoms with Gasteiger partial charge in [0.05, 0.1) is 22.9 Å². The molecule has 1 aliphatic heterocycles. The number of non-ortho nitro benzene ring substituents is 1. The van der Waals surface area contributed by atoms with E-state index in [1.165, 1.54) is 30.1 Å². The second-order valence-corrected chi connectivity index (χ2v) is 7.90. The van der Waals surface area contributed by atoms with Crippen LogP contribution in [0.2, 0.25) is 0 Å². The van der Waals surface area contributed by atoms with Crippen LogP contribution in [0.1, 0.15) is 36.5 Å². The van der Waals surface area contributed by atoms with E-state index in [0.29, 0.717) is 17.3 Å².